The van der Waals surface area contributed by atoms with Crippen LogP contribution in [0.2, 0.25) is 0 Å². The van der Waals surface area contributed by atoms with Gasteiger partial charge in [-0.05, 0) is 16.8 Å². The minimum Gasteiger partial charge on any atom is -0.465 e. The molecule has 0 aliphatic carbocycles. The van der Waals surface area contributed by atoms with Crippen LogP contribution in [0.3, 0.4) is 0 Å². The van der Waals surface area contributed by atoms with Gasteiger partial charge in [-0.15, -0.1) is 10.2 Å². The largest absolute Gasteiger partial charge is 0.465 e. The highest BCUT2D eigenvalue weighted by molar-refractivity contribution is 6.10. The number of hydrogen-bond donors (Lipinski definition) is 0. The van der Waals surface area contributed by atoms with Crippen LogP contribution in [-0.4, -0.2) is 23.3 Å². The summed E-state index contributed by atoms with van der Waals surface area (Å²) in [5.74, 6) is -0.413. The van der Waals surface area contributed by atoms with Gasteiger partial charge in [-0.25, -0.2) is 4.79 Å². The van der Waals surface area contributed by atoms with Crippen molar-refractivity contribution in [2.45, 2.75) is 0 Å². The maximum absolute atomic E-state index is 12.5. The molecule has 0 unspecified atom stereocenters. The molecule has 1 aromatic heterocycles. The maximum Gasteiger partial charge on any atom is 0.340 e. The van der Waals surface area contributed by atoms with Gasteiger partial charge in [0.05, 0.1) is 18.2 Å². The lowest BCUT2D eigenvalue weighted by atomic mass is 9.97. The number of methoxy groups -OCH3 is 1. The van der Waals surface area contributed by atoms with Crippen LogP contribution in [0.5, 0.6) is 0 Å². The molecule has 0 aliphatic heterocycles. The van der Waals surface area contributed by atoms with E-state index in [9.17, 15) is 4.79 Å². The number of esters is 1. The summed E-state index contributed by atoms with van der Waals surface area (Å²) < 4.78 is 5.01. The van der Waals surface area contributed by atoms with Gasteiger partial charge < -0.3 is 4.74 Å². The van der Waals surface area contributed by atoms with Crippen molar-refractivity contribution in [1.29, 1.82) is 0 Å². The first-order valence-corrected chi connectivity index (χ1v) is 7.61. The molecule has 4 heteroatoms. The van der Waals surface area contributed by atoms with E-state index in [2.05, 4.69) is 10.2 Å². The molecule has 0 saturated carbocycles. The van der Waals surface area contributed by atoms with Crippen molar-refractivity contribution in [3.05, 3.63) is 72.3 Å². The number of nitrogens with zero attached hydrogens (tertiary/aromatic N) is 2. The molecule has 0 aliphatic rings. The van der Waals surface area contributed by atoms with E-state index in [1.54, 1.807) is 0 Å². The highest BCUT2D eigenvalue weighted by Crippen LogP contribution is 2.32. The second-order valence-corrected chi connectivity index (χ2v) is 5.46. The topological polar surface area (TPSA) is 52.1 Å². The summed E-state index contributed by atoms with van der Waals surface area (Å²) in [6, 6.07) is 21.4. The molecule has 0 saturated heterocycles. The second-order valence-electron chi connectivity index (χ2n) is 5.46. The molecule has 3 aromatic carbocycles. The molecule has 24 heavy (non-hydrogen) atoms. The summed E-state index contributed by atoms with van der Waals surface area (Å²) in [4.78, 5) is 12.5. The first kappa shape index (κ1) is 14.3. The summed E-state index contributed by atoms with van der Waals surface area (Å²) in [5.41, 5.74) is 2.52. The van der Waals surface area contributed by atoms with Gasteiger partial charge in [0.1, 0.15) is 5.69 Å². The van der Waals surface area contributed by atoms with Gasteiger partial charge in [0, 0.05) is 10.9 Å². The van der Waals surface area contributed by atoms with Crippen molar-refractivity contribution < 1.29 is 9.53 Å². The van der Waals surface area contributed by atoms with Crippen LogP contribution in [0.1, 0.15) is 10.4 Å². The highest BCUT2D eigenvalue weighted by Gasteiger charge is 2.20. The third kappa shape index (κ3) is 2.20. The van der Waals surface area contributed by atoms with E-state index in [4.69, 9.17) is 4.74 Å². The van der Waals surface area contributed by atoms with Gasteiger partial charge in [0.25, 0.3) is 0 Å². The van der Waals surface area contributed by atoms with Crippen LogP contribution in [0, 0.1) is 0 Å². The molecule has 116 valence electrons. The summed E-state index contributed by atoms with van der Waals surface area (Å²) in [6.07, 6.45) is 0. The number of rotatable bonds is 2. The standard InChI is InChI=1S/C20H14N2O2/c1-24-20(23)18-16-10-4-5-12-17(16)21-22-19(18)15-11-6-8-13-7-2-3-9-14(13)15/h2-12H,1H3. The molecule has 0 amide bonds. The number of fused-ring (bicyclic) bond motifs is 2. The number of benzene rings is 3. The number of carbonyl (C=O) groups excluding carboxylic acids is 1. The zero-order chi connectivity index (χ0) is 16.5. The normalized spacial score (nSPS) is 10.9. The third-order valence-corrected chi connectivity index (χ3v) is 4.10. The van der Waals surface area contributed by atoms with E-state index in [0.29, 0.717) is 16.8 Å². The number of carbonyl (C=O) groups is 1. The quantitative estimate of drug-likeness (QED) is 0.519. The Bertz CT molecular complexity index is 1070. The average molecular weight is 314 g/mol. The summed E-state index contributed by atoms with van der Waals surface area (Å²) >= 11 is 0. The van der Waals surface area contributed by atoms with E-state index in [1.807, 2.05) is 66.7 Å². The molecule has 4 nitrogen and oxygen atoms in total. The molecule has 0 N–H and O–H groups in total. The van der Waals surface area contributed by atoms with E-state index in [1.165, 1.54) is 7.11 Å². The molecule has 0 spiro atoms. The van der Waals surface area contributed by atoms with Crippen LogP contribution in [0.15, 0.2) is 66.7 Å². The summed E-state index contributed by atoms with van der Waals surface area (Å²) in [5, 5.41) is 11.5. The monoisotopic (exact) mass is 314 g/mol. The molecule has 4 rings (SSSR count). The minimum atomic E-state index is -0.413. The summed E-state index contributed by atoms with van der Waals surface area (Å²) in [7, 11) is 1.38. The van der Waals surface area contributed by atoms with E-state index in [0.717, 1.165) is 21.7 Å². The van der Waals surface area contributed by atoms with Crippen LogP contribution in [0.25, 0.3) is 32.9 Å². The number of hydrogen-bond acceptors (Lipinski definition) is 4. The Balaban J connectivity index is 2.11. The Morgan fingerprint density at radius 3 is 2.38 bits per heavy atom. The van der Waals surface area contributed by atoms with Gasteiger partial charge >= 0.3 is 5.97 Å². The molecular weight excluding hydrogens is 300 g/mol. The van der Waals surface area contributed by atoms with Crippen LogP contribution in [-0.2, 0) is 4.74 Å². The van der Waals surface area contributed by atoms with Gasteiger partial charge in [-0.2, -0.15) is 0 Å². The second kappa shape index (κ2) is 5.74. The minimum absolute atomic E-state index is 0.413. The van der Waals surface area contributed by atoms with Gasteiger partial charge in [-0.1, -0.05) is 60.7 Å². The molecule has 1 heterocycles. The number of ether oxygens (including phenoxy) is 1. The van der Waals surface area contributed by atoms with E-state index < -0.39 is 5.97 Å². The van der Waals surface area contributed by atoms with Gasteiger partial charge in [0.2, 0.25) is 0 Å². The van der Waals surface area contributed by atoms with Crippen LogP contribution >= 0.6 is 0 Å². The lowest BCUT2D eigenvalue weighted by Gasteiger charge is -2.11. The molecule has 0 atom stereocenters. The fourth-order valence-electron chi connectivity index (χ4n) is 2.98. The average Bonchev–Trinajstić information content (AvgIpc) is 2.66. The Kier molecular flexibility index (Phi) is 3.43. The van der Waals surface area contributed by atoms with E-state index >= 15 is 0 Å². The van der Waals surface area contributed by atoms with Crippen molar-refractivity contribution in [3.8, 4) is 11.3 Å². The predicted octanol–water partition coefficient (Wildman–Crippen LogP) is 4.24. The molecule has 0 radical (unpaired) electrons. The predicted molar refractivity (Wildman–Crippen MR) is 93.8 cm³/mol. The lowest BCUT2D eigenvalue weighted by molar-refractivity contribution is 0.0603. The lowest BCUT2D eigenvalue weighted by Crippen LogP contribution is -2.08. The van der Waals surface area contributed by atoms with Crippen molar-refractivity contribution >= 4 is 27.6 Å². The first-order chi connectivity index (χ1) is 11.8. The maximum atomic E-state index is 12.5. The van der Waals surface area contributed by atoms with Crippen molar-refractivity contribution in [1.82, 2.24) is 10.2 Å². The SMILES string of the molecule is COC(=O)c1c(-c2cccc3ccccc23)nnc2ccccc12. The van der Waals surface area contributed by atoms with Crippen molar-refractivity contribution in [2.75, 3.05) is 7.11 Å². The Hall–Kier alpha value is -3.27. The first-order valence-electron chi connectivity index (χ1n) is 7.61. The van der Waals surface area contributed by atoms with Gasteiger partial charge in [0.15, 0.2) is 0 Å². The van der Waals surface area contributed by atoms with Crippen LogP contribution in [0.4, 0.5) is 0 Å². The fraction of sp³-hybridized carbons (Fsp3) is 0.0500. The van der Waals surface area contributed by atoms with Crippen molar-refractivity contribution in [2.24, 2.45) is 0 Å². The Labute approximate surface area is 138 Å². The Morgan fingerprint density at radius 2 is 1.54 bits per heavy atom. The Morgan fingerprint density at radius 1 is 0.833 bits per heavy atom. The van der Waals surface area contributed by atoms with Crippen molar-refractivity contribution in [3.63, 3.8) is 0 Å². The zero-order valence-electron chi connectivity index (χ0n) is 13.1. The number of aromatic nitrogens is 2. The summed E-state index contributed by atoms with van der Waals surface area (Å²) in [6.45, 7) is 0. The molecular formula is C20H14N2O2. The zero-order valence-corrected chi connectivity index (χ0v) is 13.1. The fourth-order valence-corrected chi connectivity index (χ4v) is 2.98. The molecule has 4 aromatic rings. The molecule has 0 bridgehead atoms. The molecule has 0 fully saturated rings. The van der Waals surface area contributed by atoms with Gasteiger partial charge in [-0.3, -0.25) is 0 Å². The van der Waals surface area contributed by atoms with E-state index in [-0.39, 0.29) is 0 Å². The smallest absolute Gasteiger partial charge is 0.340 e. The third-order valence-electron chi connectivity index (χ3n) is 4.10. The van der Waals surface area contributed by atoms with Crippen LogP contribution < -0.4 is 0 Å². The highest BCUT2D eigenvalue weighted by atomic mass is 16.5.